The third-order valence-electron chi connectivity index (χ3n) is 4.32. The molecular formula is C15H21ClN2S. The van der Waals surface area contributed by atoms with E-state index >= 15 is 0 Å². The van der Waals surface area contributed by atoms with Gasteiger partial charge in [-0.05, 0) is 42.9 Å². The summed E-state index contributed by atoms with van der Waals surface area (Å²) in [6, 6.07) is 5.72. The molecule has 1 aliphatic rings. The van der Waals surface area contributed by atoms with Crippen LogP contribution < -0.4 is 11.1 Å². The molecule has 1 aliphatic carbocycles. The van der Waals surface area contributed by atoms with Crippen molar-refractivity contribution < 1.29 is 0 Å². The third-order valence-corrected chi connectivity index (χ3v) is 4.87. The normalized spacial score (nSPS) is 17.4. The van der Waals surface area contributed by atoms with Gasteiger partial charge in [-0.3, -0.25) is 0 Å². The summed E-state index contributed by atoms with van der Waals surface area (Å²) in [4.78, 5) is 0.384. The number of nitrogens with two attached hydrogens (primary N) is 1. The maximum atomic E-state index is 6.27. The van der Waals surface area contributed by atoms with Gasteiger partial charge >= 0.3 is 0 Å². The minimum Gasteiger partial charge on any atom is -0.389 e. The highest BCUT2D eigenvalue weighted by atomic mass is 35.5. The van der Waals surface area contributed by atoms with Gasteiger partial charge < -0.3 is 11.1 Å². The molecule has 0 bridgehead atoms. The molecule has 0 spiro atoms. The summed E-state index contributed by atoms with van der Waals surface area (Å²) >= 11 is 11.2. The lowest BCUT2D eigenvalue weighted by molar-refractivity contribution is 0.307. The Hall–Kier alpha value is -0.800. The van der Waals surface area contributed by atoms with Gasteiger partial charge in [0.15, 0.2) is 0 Å². The Morgan fingerprint density at radius 1 is 1.42 bits per heavy atom. The molecule has 0 amide bonds. The van der Waals surface area contributed by atoms with Gasteiger partial charge in [0.25, 0.3) is 0 Å². The number of nitrogens with one attached hydrogen (secondary N) is 1. The van der Waals surface area contributed by atoms with Crippen LogP contribution in [0.2, 0.25) is 5.02 Å². The lowest BCUT2D eigenvalue weighted by Gasteiger charge is -2.28. The molecule has 0 saturated heterocycles. The Bertz CT molecular complexity index is 467. The van der Waals surface area contributed by atoms with Crippen molar-refractivity contribution in [2.45, 2.75) is 39.0 Å². The SMILES string of the molecule is CCC1(CNc2ccc(C(N)=S)cc2Cl)CCCC1. The van der Waals surface area contributed by atoms with Gasteiger partial charge in [-0.15, -0.1) is 0 Å². The smallest absolute Gasteiger partial charge is 0.104 e. The maximum Gasteiger partial charge on any atom is 0.104 e. The van der Waals surface area contributed by atoms with Gasteiger partial charge in [0, 0.05) is 12.1 Å². The first-order valence-electron chi connectivity index (χ1n) is 6.89. The first-order valence-corrected chi connectivity index (χ1v) is 7.68. The highest BCUT2D eigenvalue weighted by molar-refractivity contribution is 7.80. The molecule has 2 nitrogen and oxygen atoms in total. The van der Waals surface area contributed by atoms with Crippen molar-refractivity contribution in [1.29, 1.82) is 0 Å². The Kier molecular flexibility index (Phi) is 4.69. The fraction of sp³-hybridized carbons (Fsp3) is 0.533. The lowest BCUT2D eigenvalue weighted by Crippen LogP contribution is -2.26. The molecule has 0 heterocycles. The summed E-state index contributed by atoms with van der Waals surface area (Å²) in [5.41, 5.74) is 7.84. The molecule has 1 aromatic rings. The van der Waals surface area contributed by atoms with Crippen LogP contribution in [0.1, 0.15) is 44.6 Å². The Morgan fingerprint density at radius 2 is 2.11 bits per heavy atom. The van der Waals surface area contributed by atoms with Crippen molar-refractivity contribution in [2.24, 2.45) is 11.1 Å². The van der Waals surface area contributed by atoms with Gasteiger partial charge in [0.1, 0.15) is 4.99 Å². The number of hydrogen-bond donors (Lipinski definition) is 2. The number of thiocarbonyl (C=S) groups is 1. The topological polar surface area (TPSA) is 38.0 Å². The summed E-state index contributed by atoms with van der Waals surface area (Å²) in [7, 11) is 0. The van der Waals surface area contributed by atoms with E-state index < -0.39 is 0 Å². The first kappa shape index (κ1) is 14.6. The number of halogens is 1. The third kappa shape index (κ3) is 3.40. The van der Waals surface area contributed by atoms with E-state index in [4.69, 9.17) is 29.6 Å². The number of hydrogen-bond acceptors (Lipinski definition) is 2. The number of rotatable bonds is 5. The summed E-state index contributed by atoms with van der Waals surface area (Å²) < 4.78 is 0. The molecule has 4 heteroatoms. The molecular weight excluding hydrogens is 276 g/mol. The average Bonchev–Trinajstić information content (AvgIpc) is 2.86. The van der Waals surface area contributed by atoms with Crippen molar-refractivity contribution in [3.63, 3.8) is 0 Å². The second-order valence-electron chi connectivity index (χ2n) is 5.47. The standard InChI is InChI=1S/C15H21ClN2S/c1-2-15(7-3-4-8-15)10-18-13-6-5-11(14(17)19)9-12(13)16/h5-6,9,18H,2-4,7-8,10H2,1H3,(H2,17,19). The van der Waals surface area contributed by atoms with Crippen LogP contribution in [-0.2, 0) is 0 Å². The van der Waals surface area contributed by atoms with E-state index in [2.05, 4.69) is 12.2 Å². The first-order chi connectivity index (χ1) is 9.06. The molecule has 0 atom stereocenters. The molecule has 0 aromatic heterocycles. The summed E-state index contributed by atoms with van der Waals surface area (Å²) in [6.07, 6.45) is 6.56. The Labute approximate surface area is 125 Å². The van der Waals surface area contributed by atoms with Crippen LogP contribution in [0.4, 0.5) is 5.69 Å². The van der Waals surface area contributed by atoms with E-state index in [1.165, 1.54) is 32.1 Å². The molecule has 3 N–H and O–H groups in total. The average molecular weight is 297 g/mol. The van der Waals surface area contributed by atoms with Crippen molar-refractivity contribution in [3.05, 3.63) is 28.8 Å². The molecule has 104 valence electrons. The van der Waals surface area contributed by atoms with Crippen molar-refractivity contribution in [3.8, 4) is 0 Å². The van der Waals surface area contributed by atoms with Crippen LogP contribution in [0, 0.1) is 5.41 Å². The van der Waals surface area contributed by atoms with Gasteiger partial charge in [-0.2, -0.15) is 0 Å². The van der Waals surface area contributed by atoms with E-state index in [1.54, 1.807) is 0 Å². The largest absolute Gasteiger partial charge is 0.389 e. The summed E-state index contributed by atoms with van der Waals surface area (Å²) in [5.74, 6) is 0. The predicted octanol–water partition coefficient (Wildman–Crippen LogP) is 4.36. The van der Waals surface area contributed by atoms with Crippen LogP contribution >= 0.6 is 23.8 Å². The summed E-state index contributed by atoms with van der Waals surface area (Å²) in [6.45, 7) is 3.28. The molecule has 1 aromatic carbocycles. The van der Waals surface area contributed by atoms with Gasteiger partial charge in [-0.25, -0.2) is 0 Å². The van der Waals surface area contributed by atoms with Gasteiger partial charge in [0.05, 0.1) is 10.7 Å². The minimum atomic E-state index is 0.384. The fourth-order valence-electron chi connectivity index (χ4n) is 2.87. The molecule has 0 unspecified atom stereocenters. The van der Waals surface area contributed by atoms with Crippen molar-refractivity contribution >= 4 is 34.5 Å². The zero-order valence-corrected chi connectivity index (χ0v) is 12.9. The second-order valence-corrected chi connectivity index (χ2v) is 6.32. The van der Waals surface area contributed by atoms with E-state index in [-0.39, 0.29) is 0 Å². The van der Waals surface area contributed by atoms with E-state index in [9.17, 15) is 0 Å². The Balaban J connectivity index is 2.05. The summed E-state index contributed by atoms with van der Waals surface area (Å²) in [5, 5.41) is 4.19. The number of benzene rings is 1. The molecule has 1 saturated carbocycles. The number of anilines is 1. The van der Waals surface area contributed by atoms with Crippen LogP contribution in [0.25, 0.3) is 0 Å². The van der Waals surface area contributed by atoms with Crippen LogP contribution in [-0.4, -0.2) is 11.5 Å². The quantitative estimate of drug-likeness (QED) is 0.793. The highest BCUT2D eigenvalue weighted by Gasteiger charge is 2.31. The fourth-order valence-corrected chi connectivity index (χ4v) is 3.25. The van der Waals surface area contributed by atoms with E-state index in [0.29, 0.717) is 15.4 Å². The molecule has 19 heavy (non-hydrogen) atoms. The van der Waals surface area contributed by atoms with Crippen LogP contribution in [0.5, 0.6) is 0 Å². The van der Waals surface area contributed by atoms with E-state index in [0.717, 1.165) is 17.8 Å². The van der Waals surface area contributed by atoms with Gasteiger partial charge in [0.2, 0.25) is 0 Å². The van der Waals surface area contributed by atoms with Gasteiger partial charge in [-0.1, -0.05) is 43.6 Å². The second kappa shape index (κ2) is 6.10. The minimum absolute atomic E-state index is 0.384. The molecule has 1 fully saturated rings. The Morgan fingerprint density at radius 3 is 2.63 bits per heavy atom. The molecule has 0 radical (unpaired) electrons. The van der Waals surface area contributed by atoms with Crippen molar-refractivity contribution in [2.75, 3.05) is 11.9 Å². The predicted molar refractivity (Wildman–Crippen MR) is 87.0 cm³/mol. The molecule has 2 rings (SSSR count). The lowest BCUT2D eigenvalue weighted by atomic mass is 9.83. The van der Waals surface area contributed by atoms with Crippen molar-refractivity contribution in [1.82, 2.24) is 0 Å². The van der Waals surface area contributed by atoms with Crippen LogP contribution in [0.15, 0.2) is 18.2 Å². The zero-order valence-electron chi connectivity index (χ0n) is 11.3. The molecule has 0 aliphatic heterocycles. The van der Waals surface area contributed by atoms with E-state index in [1.807, 2.05) is 18.2 Å². The van der Waals surface area contributed by atoms with Crippen LogP contribution in [0.3, 0.4) is 0 Å². The highest BCUT2D eigenvalue weighted by Crippen LogP contribution is 2.41. The monoisotopic (exact) mass is 296 g/mol. The zero-order chi connectivity index (χ0) is 13.9. The maximum absolute atomic E-state index is 6.27.